The quantitative estimate of drug-likeness (QED) is 0.385. The molecule has 28 heavy (non-hydrogen) atoms. The molecule has 2 rings (SSSR count). The standard InChI is InChI=1S/C21H29NO6/c1-4-26-19(23)18(20(24)27-5-2)15(3)17-12-9-13-22(17)21(25)28-14-16-10-7-6-8-11-16/h6-8,10-11,15,17-18H,4-5,9,12-14H2,1-3H3/t15-,17-/m1/s1. The van der Waals surface area contributed by atoms with Crippen LogP contribution in [0, 0.1) is 11.8 Å². The van der Waals surface area contributed by atoms with Crippen LogP contribution >= 0.6 is 0 Å². The number of carbonyl (C=O) groups is 3. The minimum Gasteiger partial charge on any atom is -0.465 e. The molecular weight excluding hydrogens is 362 g/mol. The lowest BCUT2D eigenvalue weighted by atomic mass is 9.86. The molecule has 0 saturated carbocycles. The van der Waals surface area contributed by atoms with Crippen LogP contribution in [0.25, 0.3) is 0 Å². The molecule has 1 aliphatic heterocycles. The smallest absolute Gasteiger partial charge is 0.410 e. The molecule has 2 atom stereocenters. The number of hydrogen-bond acceptors (Lipinski definition) is 6. The van der Waals surface area contributed by atoms with Gasteiger partial charge in [-0.25, -0.2) is 4.79 Å². The van der Waals surface area contributed by atoms with Crippen molar-refractivity contribution in [2.75, 3.05) is 19.8 Å². The number of carbonyl (C=O) groups excluding carboxylic acids is 3. The lowest BCUT2D eigenvalue weighted by Gasteiger charge is -2.32. The van der Waals surface area contributed by atoms with E-state index in [1.807, 2.05) is 30.3 Å². The highest BCUT2D eigenvalue weighted by Gasteiger charge is 2.44. The molecular formula is C21H29NO6. The molecule has 0 unspecified atom stereocenters. The Morgan fingerprint density at radius 2 is 1.64 bits per heavy atom. The fraction of sp³-hybridized carbons (Fsp3) is 0.571. The van der Waals surface area contributed by atoms with Crippen molar-refractivity contribution in [2.45, 2.75) is 46.3 Å². The maximum absolute atomic E-state index is 12.6. The van der Waals surface area contributed by atoms with Crippen molar-refractivity contribution >= 4 is 18.0 Å². The van der Waals surface area contributed by atoms with Gasteiger partial charge in [0.1, 0.15) is 6.61 Å². The summed E-state index contributed by atoms with van der Waals surface area (Å²) >= 11 is 0. The summed E-state index contributed by atoms with van der Waals surface area (Å²) in [6, 6.07) is 9.14. The Morgan fingerprint density at radius 1 is 1.04 bits per heavy atom. The van der Waals surface area contributed by atoms with E-state index in [-0.39, 0.29) is 25.9 Å². The summed E-state index contributed by atoms with van der Waals surface area (Å²) in [4.78, 5) is 39.0. The number of rotatable bonds is 8. The second-order valence-corrected chi connectivity index (χ2v) is 6.78. The molecule has 0 aromatic heterocycles. The van der Waals surface area contributed by atoms with E-state index in [0.29, 0.717) is 13.0 Å². The molecule has 7 nitrogen and oxygen atoms in total. The highest BCUT2D eigenvalue weighted by molar-refractivity contribution is 5.95. The van der Waals surface area contributed by atoms with Crippen molar-refractivity contribution in [1.29, 1.82) is 0 Å². The van der Waals surface area contributed by atoms with Gasteiger partial charge >= 0.3 is 18.0 Å². The summed E-state index contributed by atoms with van der Waals surface area (Å²) in [5.41, 5.74) is 0.899. The Bertz CT molecular complexity index is 644. The number of hydrogen-bond donors (Lipinski definition) is 0. The van der Waals surface area contributed by atoms with E-state index >= 15 is 0 Å². The zero-order valence-electron chi connectivity index (χ0n) is 16.8. The van der Waals surface area contributed by atoms with Gasteiger partial charge in [0.05, 0.1) is 13.2 Å². The lowest BCUT2D eigenvalue weighted by Crippen LogP contribution is -2.46. The Morgan fingerprint density at radius 3 is 2.21 bits per heavy atom. The van der Waals surface area contributed by atoms with Crippen LogP contribution in [0.4, 0.5) is 4.79 Å². The number of nitrogens with zero attached hydrogens (tertiary/aromatic N) is 1. The van der Waals surface area contributed by atoms with Gasteiger partial charge in [0.15, 0.2) is 5.92 Å². The summed E-state index contributed by atoms with van der Waals surface area (Å²) in [5, 5.41) is 0. The summed E-state index contributed by atoms with van der Waals surface area (Å²) in [5.74, 6) is -2.73. The average molecular weight is 391 g/mol. The van der Waals surface area contributed by atoms with Crippen molar-refractivity contribution in [2.24, 2.45) is 11.8 Å². The van der Waals surface area contributed by atoms with Gasteiger partial charge in [0.25, 0.3) is 0 Å². The minimum atomic E-state index is -1.06. The summed E-state index contributed by atoms with van der Waals surface area (Å²) < 4.78 is 15.6. The van der Waals surface area contributed by atoms with Gasteiger partial charge in [-0.3, -0.25) is 9.59 Å². The van der Waals surface area contributed by atoms with Crippen LogP contribution in [-0.2, 0) is 30.4 Å². The number of esters is 2. The maximum Gasteiger partial charge on any atom is 0.410 e. The molecule has 1 aromatic rings. The van der Waals surface area contributed by atoms with Crippen LogP contribution in [0.1, 0.15) is 39.2 Å². The fourth-order valence-electron chi connectivity index (χ4n) is 3.58. The first-order valence-corrected chi connectivity index (χ1v) is 9.80. The van der Waals surface area contributed by atoms with Crippen molar-refractivity contribution in [3.05, 3.63) is 35.9 Å². The average Bonchev–Trinajstić information content (AvgIpc) is 3.17. The molecule has 1 aromatic carbocycles. The third-order valence-corrected chi connectivity index (χ3v) is 4.95. The predicted molar refractivity (Wildman–Crippen MR) is 102 cm³/mol. The number of likely N-dealkylation sites (tertiary alicyclic amines) is 1. The van der Waals surface area contributed by atoms with E-state index in [1.54, 1.807) is 25.7 Å². The van der Waals surface area contributed by atoms with E-state index in [9.17, 15) is 14.4 Å². The normalized spacial score (nSPS) is 17.3. The van der Waals surface area contributed by atoms with Crippen LogP contribution < -0.4 is 0 Å². The summed E-state index contributed by atoms with van der Waals surface area (Å²) in [6.45, 7) is 6.22. The zero-order chi connectivity index (χ0) is 20.5. The second kappa shape index (κ2) is 10.7. The van der Waals surface area contributed by atoms with Crippen LogP contribution in [0.2, 0.25) is 0 Å². The van der Waals surface area contributed by atoms with Crippen molar-refractivity contribution in [1.82, 2.24) is 4.90 Å². The number of benzene rings is 1. The van der Waals surface area contributed by atoms with Gasteiger partial charge in [-0.05, 0) is 32.3 Å². The van der Waals surface area contributed by atoms with E-state index in [0.717, 1.165) is 12.0 Å². The first kappa shape index (κ1) is 21.7. The van der Waals surface area contributed by atoms with Crippen LogP contribution in [0.5, 0.6) is 0 Å². The first-order valence-electron chi connectivity index (χ1n) is 9.80. The summed E-state index contributed by atoms with van der Waals surface area (Å²) in [7, 11) is 0. The van der Waals surface area contributed by atoms with Gasteiger partial charge in [0, 0.05) is 18.5 Å². The van der Waals surface area contributed by atoms with Crippen molar-refractivity contribution in [3.8, 4) is 0 Å². The SMILES string of the molecule is CCOC(=O)C(C(=O)OCC)[C@H](C)[C@H]1CCCN1C(=O)OCc1ccccc1. The molecule has 0 bridgehead atoms. The molecule has 1 fully saturated rings. The van der Waals surface area contributed by atoms with Gasteiger partial charge in [-0.2, -0.15) is 0 Å². The van der Waals surface area contributed by atoms with Crippen LogP contribution in [0.15, 0.2) is 30.3 Å². The van der Waals surface area contributed by atoms with E-state index < -0.39 is 29.9 Å². The molecule has 0 spiro atoms. The second-order valence-electron chi connectivity index (χ2n) is 6.78. The lowest BCUT2D eigenvalue weighted by molar-refractivity contribution is -0.165. The van der Waals surface area contributed by atoms with Gasteiger partial charge in [-0.1, -0.05) is 37.3 Å². The number of ether oxygens (including phenoxy) is 3. The third-order valence-electron chi connectivity index (χ3n) is 4.95. The molecule has 154 valence electrons. The maximum atomic E-state index is 12.6. The van der Waals surface area contributed by atoms with Crippen molar-refractivity contribution in [3.63, 3.8) is 0 Å². The van der Waals surface area contributed by atoms with Gasteiger partial charge < -0.3 is 19.1 Å². The predicted octanol–water partition coefficient (Wildman–Crippen LogP) is 3.17. The largest absolute Gasteiger partial charge is 0.465 e. The molecule has 1 saturated heterocycles. The Balaban J connectivity index is 2.07. The Labute approximate surface area is 165 Å². The van der Waals surface area contributed by atoms with E-state index in [2.05, 4.69) is 0 Å². The molecule has 7 heteroatoms. The Kier molecular flexibility index (Phi) is 8.29. The zero-order valence-corrected chi connectivity index (χ0v) is 16.8. The highest BCUT2D eigenvalue weighted by Crippen LogP contribution is 2.31. The molecule has 1 heterocycles. The van der Waals surface area contributed by atoms with Crippen molar-refractivity contribution < 1.29 is 28.6 Å². The highest BCUT2D eigenvalue weighted by atomic mass is 16.6. The van der Waals surface area contributed by atoms with Gasteiger partial charge in [-0.15, -0.1) is 0 Å². The molecule has 1 aliphatic rings. The van der Waals surface area contributed by atoms with Crippen LogP contribution in [-0.4, -0.2) is 48.7 Å². The monoisotopic (exact) mass is 391 g/mol. The fourth-order valence-corrected chi connectivity index (χ4v) is 3.58. The summed E-state index contributed by atoms with van der Waals surface area (Å²) in [6.07, 6.45) is 1.04. The van der Waals surface area contributed by atoms with Gasteiger partial charge in [0.2, 0.25) is 0 Å². The minimum absolute atomic E-state index is 0.176. The Hall–Kier alpha value is -2.57. The topological polar surface area (TPSA) is 82.1 Å². The molecule has 1 amide bonds. The molecule has 0 aliphatic carbocycles. The molecule has 0 N–H and O–H groups in total. The first-order chi connectivity index (χ1) is 13.5. The van der Waals surface area contributed by atoms with E-state index in [1.165, 1.54) is 0 Å². The van der Waals surface area contributed by atoms with E-state index in [4.69, 9.17) is 14.2 Å². The number of amides is 1. The third kappa shape index (κ3) is 5.47. The molecule has 0 radical (unpaired) electrons. The van der Waals surface area contributed by atoms with Crippen LogP contribution in [0.3, 0.4) is 0 Å².